The van der Waals surface area contributed by atoms with Gasteiger partial charge in [0, 0.05) is 30.3 Å². The van der Waals surface area contributed by atoms with Gasteiger partial charge in [-0.15, -0.1) is 0 Å². The summed E-state index contributed by atoms with van der Waals surface area (Å²) in [5.41, 5.74) is 2.22. The maximum Gasteiger partial charge on any atom is 0.251 e. The van der Waals surface area contributed by atoms with Crippen LogP contribution in [0.5, 0.6) is 0 Å². The van der Waals surface area contributed by atoms with Crippen molar-refractivity contribution in [3.63, 3.8) is 0 Å². The molecule has 0 spiro atoms. The second-order valence-corrected chi connectivity index (χ2v) is 5.67. The zero-order valence-electron chi connectivity index (χ0n) is 12.8. The lowest BCUT2D eigenvalue weighted by Crippen LogP contribution is -2.40. The van der Waals surface area contributed by atoms with Crippen LogP contribution in [0.4, 0.5) is 5.69 Å². The van der Waals surface area contributed by atoms with E-state index in [9.17, 15) is 9.59 Å². The predicted molar refractivity (Wildman–Crippen MR) is 83.4 cm³/mol. The van der Waals surface area contributed by atoms with Gasteiger partial charge in [0.05, 0.1) is 0 Å². The topological polar surface area (TPSA) is 70.2 Å². The van der Waals surface area contributed by atoms with Crippen molar-refractivity contribution in [1.82, 2.24) is 10.6 Å². The molecular weight excluding hydrogens is 266 g/mol. The molecule has 5 nitrogen and oxygen atoms in total. The first-order valence-electron chi connectivity index (χ1n) is 7.38. The Hall–Kier alpha value is -1.88. The van der Waals surface area contributed by atoms with E-state index in [2.05, 4.69) is 22.9 Å². The molecule has 1 saturated heterocycles. The standard InChI is InChI=1S/C16H23N3O2/c1-10-4-5-12(15(20)17-3)9-14(10)19-16(21)13-6-7-18-11(2)8-13/h4-5,9,11,13,18H,6-8H2,1-3H3,(H,17,20)(H,19,21). The van der Waals surface area contributed by atoms with E-state index in [1.165, 1.54) is 0 Å². The molecule has 5 heteroatoms. The average molecular weight is 289 g/mol. The minimum atomic E-state index is -0.152. The Kier molecular flexibility index (Phi) is 4.96. The van der Waals surface area contributed by atoms with Gasteiger partial charge in [-0.3, -0.25) is 9.59 Å². The fourth-order valence-corrected chi connectivity index (χ4v) is 2.65. The maximum atomic E-state index is 12.4. The van der Waals surface area contributed by atoms with Crippen molar-refractivity contribution in [2.45, 2.75) is 32.7 Å². The van der Waals surface area contributed by atoms with Gasteiger partial charge in [0.2, 0.25) is 5.91 Å². The first kappa shape index (κ1) is 15.5. The van der Waals surface area contributed by atoms with Gasteiger partial charge < -0.3 is 16.0 Å². The minimum Gasteiger partial charge on any atom is -0.355 e. The van der Waals surface area contributed by atoms with Crippen LogP contribution in [-0.2, 0) is 4.79 Å². The first-order chi connectivity index (χ1) is 10.0. The van der Waals surface area contributed by atoms with E-state index in [1.54, 1.807) is 19.2 Å². The number of aryl methyl sites for hydroxylation is 1. The van der Waals surface area contributed by atoms with E-state index >= 15 is 0 Å². The molecule has 1 aromatic rings. The molecule has 2 unspecified atom stereocenters. The van der Waals surface area contributed by atoms with Gasteiger partial charge >= 0.3 is 0 Å². The van der Waals surface area contributed by atoms with Gasteiger partial charge in [-0.1, -0.05) is 6.07 Å². The molecule has 0 saturated carbocycles. The van der Waals surface area contributed by atoms with Crippen molar-refractivity contribution in [2.75, 3.05) is 18.9 Å². The zero-order chi connectivity index (χ0) is 15.4. The van der Waals surface area contributed by atoms with Crippen molar-refractivity contribution >= 4 is 17.5 Å². The molecule has 0 radical (unpaired) electrons. The number of piperidine rings is 1. The Morgan fingerprint density at radius 1 is 1.33 bits per heavy atom. The quantitative estimate of drug-likeness (QED) is 0.793. The van der Waals surface area contributed by atoms with Gasteiger partial charge in [-0.2, -0.15) is 0 Å². The van der Waals surface area contributed by atoms with Crippen LogP contribution in [0.2, 0.25) is 0 Å². The van der Waals surface area contributed by atoms with E-state index in [-0.39, 0.29) is 17.7 Å². The number of carbonyl (C=O) groups is 2. The molecule has 3 N–H and O–H groups in total. The summed E-state index contributed by atoms with van der Waals surface area (Å²) < 4.78 is 0. The molecule has 1 aliphatic heterocycles. The highest BCUT2D eigenvalue weighted by molar-refractivity contribution is 5.98. The summed E-state index contributed by atoms with van der Waals surface area (Å²) >= 11 is 0. The third kappa shape index (κ3) is 3.82. The zero-order valence-corrected chi connectivity index (χ0v) is 12.8. The number of amides is 2. The summed E-state index contributed by atoms with van der Waals surface area (Å²) in [5, 5.41) is 8.90. The first-order valence-corrected chi connectivity index (χ1v) is 7.38. The van der Waals surface area contributed by atoms with Crippen LogP contribution in [0, 0.1) is 12.8 Å². The summed E-state index contributed by atoms with van der Waals surface area (Å²) in [5.74, 6) is -0.0780. The molecule has 1 aliphatic rings. The smallest absolute Gasteiger partial charge is 0.251 e. The molecule has 2 amide bonds. The number of hydrogen-bond donors (Lipinski definition) is 3. The number of hydrogen-bond acceptors (Lipinski definition) is 3. The summed E-state index contributed by atoms with van der Waals surface area (Å²) in [4.78, 5) is 24.1. The Bertz CT molecular complexity index is 542. The normalized spacial score (nSPS) is 21.7. The number of rotatable bonds is 3. The Morgan fingerprint density at radius 3 is 2.76 bits per heavy atom. The third-order valence-electron chi connectivity index (χ3n) is 3.98. The largest absolute Gasteiger partial charge is 0.355 e. The van der Waals surface area contributed by atoms with Gasteiger partial charge in [0.25, 0.3) is 5.91 Å². The minimum absolute atomic E-state index is 0.0318. The molecule has 2 atom stereocenters. The van der Waals surface area contributed by atoms with Crippen LogP contribution in [-0.4, -0.2) is 31.4 Å². The Morgan fingerprint density at radius 2 is 2.10 bits per heavy atom. The van der Waals surface area contributed by atoms with Crippen molar-refractivity contribution in [3.05, 3.63) is 29.3 Å². The molecule has 1 fully saturated rings. The SMILES string of the molecule is CNC(=O)c1ccc(C)c(NC(=O)C2CCNC(C)C2)c1. The van der Waals surface area contributed by atoms with Crippen molar-refractivity contribution in [1.29, 1.82) is 0 Å². The van der Waals surface area contributed by atoms with E-state index in [0.717, 1.165) is 24.9 Å². The molecular formula is C16H23N3O2. The molecule has 1 aromatic carbocycles. The lowest BCUT2D eigenvalue weighted by molar-refractivity contribution is -0.120. The molecule has 114 valence electrons. The van der Waals surface area contributed by atoms with Crippen LogP contribution in [0.3, 0.4) is 0 Å². The maximum absolute atomic E-state index is 12.4. The van der Waals surface area contributed by atoms with Gasteiger partial charge in [-0.05, 0) is 50.9 Å². The van der Waals surface area contributed by atoms with Gasteiger partial charge in [0.15, 0.2) is 0 Å². The molecule has 0 aliphatic carbocycles. The lowest BCUT2D eigenvalue weighted by atomic mass is 9.92. The lowest BCUT2D eigenvalue weighted by Gasteiger charge is -2.27. The fraction of sp³-hybridized carbons (Fsp3) is 0.500. The monoisotopic (exact) mass is 289 g/mol. The summed E-state index contributed by atoms with van der Waals surface area (Å²) in [6, 6.07) is 5.71. The highest BCUT2D eigenvalue weighted by atomic mass is 16.2. The molecule has 2 rings (SSSR count). The highest BCUT2D eigenvalue weighted by Crippen LogP contribution is 2.21. The Balaban J connectivity index is 2.11. The fourth-order valence-electron chi connectivity index (χ4n) is 2.65. The number of carbonyl (C=O) groups excluding carboxylic acids is 2. The van der Waals surface area contributed by atoms with Crippen LogP contribution in [0.1, 0.15) is 35.7 Å². The van der Waals surface area contributed by atoms with Crippen LogP contribution in [0.15, 0.2) is 18.2 Å². The van der Waals surface area contributed by atoms with E-state index < -0.39 is 0 Å². The average Bonchev–Trinajstić information content (AvgIpc) is 2.48. The number of benzene rings is 1. The summed E-state index contributed by atoms with van der Waals surface area (Å²) in [7, 11) is 1.59. The second-order valence-electron chi connectivity index (χ2n) is 5.67. The molecule has 1 heterocycles. The molecule has 0 aromatic heterocycles. The molecule has 0 bridgehead atoms. The van der Waals surface area contributed by atoms with Gasteiger partial charge in [-0.25, -0.2) is 0 Å². The number of anilines is 1. The van der Waals surface area contributed by atoms with E-state index in [4.69, 9.17) is 0 Å². The highest BCUT2D eigenvalue weighted by Gasteiger charge is 2.25. The van der Waals surface area contributed by atoms with E-state index in [0.29, 0.717) is 17.3 Å². The van der Waals surface area contributed by atoms with Crippen molar-refractivity contribution < 1.29 is 9.59 Å². The predicted octanol–water partition coefficient (Wildman–Crippen LogP) is 1.68. The molecule has 21 heavy (non-hydrogen) atoms. The number of nitrogens with one attached hydrogen (secondary N) is 3. The van der Waals surface area contributed by atoms with Crippen LogP contribution < -0.4 is 16.0 Å². The van der Waals surface area contributed by atoms with Crippen molar-refractivity contribution in [2.24, 2.45) is 5.92 Å². The van der Waals surface area contributed by atoms with E-state index in [1.807, 2.05) is 13.0 Å². The van der Waals surface area contributed by atoms with Crippen LogP contribution >= 0.6 is 0 Å². The summed E-state index contributed by atoms with van der Waals surface area (Å²) in [6.07, 6.45) is 1.70. The van der Waals surface area contributed by atoms with Crippen LogP contribution in [0.25, 0.3) is 0 Å². The summed E-state index contributed by atoms with van der Waals surface area (Å²) in [6.45, 7) is 4.89. The second kappa shape index (κ2) is 6.72. The Labute approximate surface area is 125 Å². The van der Waals surface area contributed by atoms with Gasteiger partial charge in [0.1, 0.15) is 0 Å². The van der Waals surface area contributed by atoms with Crippen molar-refractivity contribution in [3.8, 4) is 0 Å². The third-order valence-corrected chi connectivity index (χ3v) is 3.98.